The molecule has 1 aromatic carbocycles. The van der Waals surface area contributed by atoms with Gasteiger partial charge in [0, 0.05) is 6.20 Å². The molecule has 0 aliphatic heterocycles. The second-order valence-electron chi connectivity index (χ2n) is 3.95. The standard InChI is InChI=1S/C12H14BrN3/c1-9-4-3-5-11(6-9)7-16-8-12(10(2)13)14-15-16/h3-6,8,10H,7H2,1-2H3. The minimum absolute atomic E-state index is 0.249. The van der Waals surface area contributed by atoms with E-state index in [0.29, 0.717) is 0 Å². The number of rotatable bonds is 3. The van der Waals surface area contributed by atoms with Crippen LogP contribution in [0.4, 0.5) is 0 Å². The largest absolute Gasteiger partial charge is 0.248 e. The van der Waals surface area contributed by atoms with Gasteiger partial charge in [-0.05, 0) is 19.4 Å². The van der Waals surface area contributed by atoms with Gasteiger partial charge in [0.05, 0.1) is 17.1 Å². The van der Waals surface area contributed by atoms with Gasteiger partial charge in [0.15, 0.2) is 0 Å². The van der Waals surface area contributed by atoms with Gasteiger partial charge >= 0.3 is 0 Å². The van der Waals surface area contributed by atoms with Crippen LogP contribution >= 0.6 is 15.9 Å². The maximum Gasteiger partial charge on any atom is 0.0960 e. The van der Waals surface area contributed by atoms with Crippen molar-refractivity contribution in [1.82, 2.24) is 15.0 Å². The number of aromatic nitrogens is 3. The molecule has 1 unspecified atom stereocenters. The Morgan fingerprint density at radius 2 is 2.25 bits per heavy atom. The van der Waals surface area contributed by atoms with E-state index in [0.717, 1.165) is 12.2 Å². The highest BCUT2D eigenvalue weighted by Gasteiger charge is 2.06. The zero-order valence-corrected chi connectivity index (χ0v) is 11.0. The van der Waals surface area contributed by atoms with E-state index in [1.54, 1.807) is 0 Å². The SMILES string of the molecule is Cc1cccc(Cn2cc(C(C)Br)nn2)c1. The smallest absolute Gasteiger partial charge is 0.0960 e. The number of halogens is 1. The molecule has 0 fully saturated rings. The van der Waals surface area contributed by atoms with Gasteiger partial charge in [-0.15, -0.1) is 5.10 Å². The summed E-state index contributed by atoms with van der Waals surface area (Å²) in [5, 5.41) is 8.20. The Balaban J connectivity index is 2.14. The number of alkyl halides is 1. The summed E-state index contributed by atoms with van der Waals surface area (Å²) in [7, 11) is 0. The third-order valence-electron chi connectivity index (χ3n) is 2.39. The Bertz CT molecular complexity index is 477. The Labute approximate surface area is 104 Å². The lowest BCUT2D eigenvalue weighted by molar-refractivity contribution is 0.649. The summed E-state index contributed by atoms with van der Waals surface area (Å²) in [6.45, 7) is 4.91. The Morgan fingerprint density at radius 1 is 1.44 bits per heavy atom. The zero-order chi connectivity index (χ0) is 11.5. The van der Waals surface area contributed by atoms with Crippen LogP contribution in [0.3, 0.4) is 0 Å². The molecule has 1 heterocycles. The van der Waals surface area contributed by atoms with Gasteiger partial charge in [0.2, 0.25) is 0 Å². The molecule has 0 aliphatic rings. The normalized spacial score (nSPS) is 12.7. The van der Waals surface area contributed by atoms with E-state index >= 15 is 0 Å². The van der Waals surface area contributed by atoms with Crippen molar-refractivity contribution in [2.75, 3.05) is 0 Å². The molecule has 0 aliphatic carbocycles. The van der Waals surface area contributed by atoms with Gasteiger partial charge < -0.3 is 0 Å². The monoisotopic (exact) mass is 279 g/mol. The quantitative estimate of drug-likeness (QED) is 0.809. The van der Waals surface area contributed by atoms with Gasteiger partial charge in [-0.3, -0.25) is 0 Å². The van der Waals surface area contributed by atoms with E-state index in [1.165, 1.54) is 11.1 Å². The lowest BCUT2D eigenvalue weighted by Gasteiger charge is -2.01. The maximum absolute atomic E-state index is 4.10. The van der Waals surface area contributed by atoms with Gasteiger partial charge in [-0.1, -0.05) is 51.0 Å². The summed E-state index contributed by atoms with van der Waals surface area (Å²) < 4.78 is 1.86. The average molecular weight is 280 g/mol. The molecule has 0 spiro atoms. The first-order valence-electron chi connectivity index (χ1n) is 5.25. The summed E-state index contributed by atoms with van der Waals surface area (Å²) in [5.74, 6) is 0. The van der Waals surface area contributed by atoms with Gasteiger partial charge in [0.1, 0.15) is 0 Å². The molecule has 0 saturated carbocycles. The molecule has 0 saturated heterocycles. The summed E-state index contributed by atoms with van der Waals surface area (Å²) in [4.78, 5) is 0.249. The van der Waals surface area contributed by atoms with Crippen LogP contribution < -0.4 is 0 Å². The van der Waals surface area contributed by atoms with Crippen LogP contribution in [0.25, 0.3) is 0 Å². The van der Waals surface area contributed by atoms with Crippen molar-refractivity contribution in [1.29, 1.82) is 0 Å². The molecule has 0 bridgehead atoms. The molecule has 3 nitrogen and oxygen atoms in total. The van der Waals surface area contributed by atoms with Crippen LogP contribution in [0.5, 0.6) is 0 Å². The first-order chi connectivity index (χ1) is 7.65. The van der Waals surface area contributed by atoms with Crippen LogP contribution in [-0.2, 0) is 6.54 Å². The summed E-state index contributed by atoms with van der Waals surface area (Å²) >= 11 is 3.48. The van der Waals surface area contributed by atoms with Crippen LogP contribution in [0.15, 0.2) is 30.5 Å². The minimum Gasteiger partial charge on any atom is -0.248 e. The molecule has 0 amide bonds. The molecule has 1 atom stereocenters. The van der Waals surface area contributed by atoms with Crippen molar-refractivity contribution < 1.29 is 0 Å². The average Bonchev–Trinajstić information content (AvgIpc) is 2.66. The molecule has 0 radical (unpaired) electrons. The maximum atomic E-state index is 4.10. The predicted molar refractivity (Wildman–Crippen MR) is 67.6 cm³/mol. The van der Waals surface area contributed by atoms with Crippen LogP contribution in [0, 0.1) is 6.92 Å². The lowest BCUT2D eigenvalue weighted by atomic mass is 10.1. The van der Waals surface area contributed by atoms with Crippen LogP contribution in [0.2, 0.25) is 0 Å². The highest BCUT2D eigenvalue weighted by Crippen LogP contribution is 2.18. The topological polar surface area (TPSA) is 30.7 Å². The molecular formula is C12H14BrN3. The second-order valence-corrected chi connectivity index (χ2v) is 5.32. The highest BCUT2D eigenvalue weighted by molar-refractivity contribution is 9.09. The third-order valence-corrected chi connectivity index (χ3v) is 2.86. The molecule has 0 N–H and O–H groups in total. The Hall–Kier alpha value is -1.16. The third kappa shape index (κ3) is 2.70. The van der Waals surface area contributed by atoms with Crippen molar-refractivity contribution in [3.63, 3.8) is 0 Å². The van der Waals surface area contributed by atoms with Gasteiger partial charge in [0.25, 0.3) is 0 Å². The first kappa shape index (κ1) is 11.3. The molecule has 84 valence electrons. The molecule has 2 rings (SSSR count). The van der Waals surface area contributed by atoms with Crippen molar-refractivity contribution in [3.05, 3.63) is 47.3 Å². The van der Waals surface area contributed by atoms with E-state index in [4.69, 9.17) is 0 Å². The summed E-state index contributed by atoms with van der Waals surface area (Å²) in [6, 6.07) is 8.43. The number of hydrogen-bond donors (Lipinski definition) is 0. The Kier molecular flexibility index (Phi) is 3.39. The van der Waals surface area contributed by atoms with E-state index in [1.807, 2.05) is 17.8 Å². The first-order valence-corrected chi connectivity index (χ1v) is 6.16. The number of aryl methyl sites for hydroxylation is 1. The van der Waals surface area contributed by atoms with E-state index < -0.39 is 0 Å². The van der Waals surface area contributed by atoms with Crippen LogP contribution in [0.1, 0.15) is 28.6 Å². The summed E-state index contributed by atoms with van der Waals surface area (Å²) in [5.41, 5.74) is 3.48. The van der Waals surface area contributed by atoms with E-state index in [9.17, 15) is 0 Å². The van der Waals surface area contributed by atoms with E-state index in [2.05, 4.69) is 57.4 Å². The van der Waals surface area contributed by atoms with Gasteiger partial charge in [-0.2, -0.15) is 0 Å². The molecule has 1 aromatic heterocycles. The van der Waals surface area contributed by atoms with Crippen molar-refractivity contribution in [3.8, 4) is 0 Å². The number of nitrogens with zero attached hydrogens (tertiary/aromatic N) is 3. The number of hydrogen-bond acceptors (Lipinski definition) is 2. The zero-order valence-electron chi connectivity index (χ0n) is 9.39. The fourth-order valence-electron chi connectivity index (χ4n) is 1.57. The Morgan fingerprint density at radius 3 is 2.88 bits per heavy atom. The molecular weight excluding hydrogens is 266 g/mol. The molecule has 16 heavy (non-hydrogen) atoms. The van der Waals surface area contributed by atoms with Crippen molar-refractivity contribution in [2.45, 2.75) is 25.2 Å². The fourth-order valence-corrected chi connectivity index (χ4v) is 1.78. The van der Waals surface area contributed by atoms with E-state index in [-0.39, 0.29) is 4.83 Å². The minimum atomic E-state index is 0.249. The van der Waals surface area contributed by atoms with Crippen molar-refractivity contribution in [2.24, 2.45) is 0 Å². The van der Waals surface area contributed by atoms with Crippen molar-refractivity contribution >= 4 is 15.9 Å². The van der Waals surface area contributed by atoms with Gasteiger partial charge in [-0.25, -0.2) is 4.68 Å². The second kappa shape index (κ2) is 4.78. The summed E-state index contributed by atoms with van der Waals surface area (Å²) in [6.07, 6.45) is 1.97. The molecule has 4 heteroatoms. The highest BCUT2D eigenvalue weighted by atomic mass is 79.9. The number of benzene rings is 1. The molecule has 2 aromatic rings. The lowest BCUT2D eigenvalue weighted by Crippen LogP contribution is -2.00. The van der Waals surface area contributed by atoms with Crippen LogP contribution in [-0.4, -0.2) is 15.0 Å². The fraction of sp³-hybridized carbons (Fsp3) is 0.333. The predicted octanol–water partition coefficient (Wildman–Crippen LogP) is 3.09.